The molecule has 2 aromatic carbocycles. The molecule has 2 heterocycles. The second-order valence-corrected chi connectivity index (χ2v) is 7.58. The van der Waals surface area contributed by atoms with E-state index in [2.05, 4.69) is 0 Å². The van der Waals surface area contributed by atoms with Gasteiger partial charge in [-0.05, 0) is 48.5 Å². The number of carbonyl (C=O) groups excluding carboxylic acids is 2. The molecule has 32 heavy (non-hydrogen) atoms. The quantitative estimate of drug-likeness (QED) is 0.678. The van der Waals surface area contributed by atoms with Crippen molar-refractivity contribution < 1.29 is 28.5 Å². The number of esters is 2. The van der Waals surface area contributed by atoms with Crippen LogP contribution in [0.15, 0.2) is 71.1 Å². The van der Waals surface area contributed by atoms with Crippen molar-refractivity contribution in [1.82, 2.24) is 0 Å². The summed E-state index contributed by atoms with van der Waals surface area (Å²) >= 11 is 0. The zero-order valence-corrected chi connectivity index (χ0v) is 17.8. The number of hydrogen-bond donors (Lipinski definition) is 0. The average molecular weight is 434 g/mol. The van der Waals surface area contributed by atoms with E-state index in [4.69, 9.17) is 18.9 Å². The molecule has 0 bridgehead atoms. The largest absolute Gasteiger partial charge is 0.497 e. The SMILES string of the molecule is COc1ccc(N2COC(=O)C3=C2CC2=C(C3)N(c3ccc(OC)cc3)COC2=O)cc1. The standard InChI is InChI=1S/C24H22N2O6/c1-29-17-7-3-15(4-8-17)25-13-31-23(27)19-12-22-20(11-21(19)25)24(28)32-14-26(22)16-5-9-18(30-2)10-6-16/h3-10H,11-14H2,1-2H3. The maximum atomic E-state index is 12.7. The molecule has 8 heteroatoms. The number of cyclic esters (lactones) is 2. The predicted molar refractivity (Wildman–Crippen MR) is 116 cm³/mol. The molecule has 0 amide bonds. The molecule has 0 radical (unpaired) electrons. The monoisotopic (exact) mass is 434 g/mol. The summed E-state index contributed by atoms with van der Waals surface area (Å²) in [4.78, 5) is 29.2. The van der Waals surface area contributed by atoms with Crippen LogP contribution in [0.1, 0.15) is 12.8 Å². The Morgan fingerprint density at radius 1 is 0.656 bits per heavy atom. The maximum Gasteiger partial charge on any atom is 0.337 e. The first kappa shape index (κ1) is 20.0. The Kier molecular flexibility index (Phi) is 4.97. The lowest BCUT2D eigenvalue weighted by atomic mass is 9.90. The smallest absolute Gasteiger partial charge is 0.337 e. The molecule has 3 aliphatic rings. The van der Waals surface area contributed by atoms with Gasteiger partial charge in [-0.15, -0.1) is 0 Å². The Balaban J connectivity index is 1.50. The molecule has 0 fully saturated rings. The Morgan fingerprint density at radius 3 is 1.38 bits per heavy atom. The van der Waals surface area contributed by atoms with Crippen LogP contribution < -0.4 is 19.3 Å². The van der Waals surface area contributed by atoms with Crippen LogP contribution in [0.2, 0.25) is 0 Å². The fourth-order valence-corrected chi connectivity index (χ4v) is 4.21. The van der Waals surface area contributed by atoms with Gasteiger partial charge in [-0.2, -0.15) is 0 Å². The summed E-state index contributed by atoms with van der Waals surface area (Å²) in [5.74, 6) is 0.753. The average Bonchev–Trinajstić information content (AvgIpc) is 2.84. The highest BCUT2D eigenvalue weighted by atomic mass is 16.6. The summed E-state index contributed by atoms with van der Waals surface area (Å²) < 4.78 is 21.4. The van der Waals surface area contributed by atoms with E-state index in [-0.39, 0.29) is 38.2 Å². The third-order valence-corrected chi connectivity index (χ3v) is 5.95. The minimum atomic E-state index is -0.357. The number of methoxy groups -OCH3 is 2. The highest BCUT2D eigenvalue weighted by Crippen LogP contribution is 2.42. The fraction of sp³-hybridized carbons (Fsp3) is 0.250. The van der Waals surface area contributed by atoms with Gasteiger partial charge >= 0.3 is 11.9 Å². The van der Waals surface area contributed by atoms with Gasteiger partial charge in [0.1, 0.15) is 11.5 Å². The molecule has 8 nitrogen and oxygen atoms in total. The second kappa shape index (κ2) is 7.96. The first-order valence-electron chi connectivity index (χ1n) is 10.2. The van der Waals surface area contributed by atoms with Crippen LogP contribution in [0.3, 0.4) is 0 Å². The predicted octanol–water partition coefficient (Wildman–Crippen LogP) is 3.35. The Morgan fingerprint density at radius 2 is 1.03 bits per heavy atom. The van der Waals surface area contributed by atoms with Crippen molar-refractivity contribution in [3.63, 3.8) is 0 Å². The number of ether oxygens (including phenoxy) is 4. The van der Waals surface area contributed by atoms with Crippen molar-refractivity contribution in [3.05, 3.63) is 71.1 Å². The third kappa shape index (κ3) is 3.33. The lowest BCUT2D eigenvalue weighted by Crippen LogP contribution is -2.42. The van der Waals surface area contributed by atoms with Crippen LogP contribution in [0, 0.1) is 0 Å². The van der Waals surface area contributed by atoms with Crippen molar-refractivity contribution in [2.75, 3.05) is 37.5 Å². The molecular weight excluding hydrogens is 412 g/mol. The minimum Gasteiger partial charge on any atom is -0.497 e. The van der Waals surface area contributed by atoms with Crippen molar-refractivity contribution in [3.8, 4) is 11.5 Å². The van der Waals surface area contributed by atoms with Gasteiger partial charge in [0.05, 0.1) is 25.4 Å². The van der Waals surface area contributed by atoms with E-state index in [9.17, 15) is 9.59 Å². The topological polar surface area (TPSA) is 77.5 Å². The summed E-state index contributed by atoms with van der Waals surface area (Å²) in [5.41, 5.74) is 4.34. The van der Waals surface area contributed by atoms with E-state index < -0.39 is 0 Å². The second-order valence-electron chi connectivity index (χ2n) is 7.58. The lowest BCUT2D eigenvalue weighted by Gasteiger charge is -2.40. The molecule has 2 aliphatic heterocycles. The van der Waals surface area contributed by atoms with E-state index in [0.29, 0.717) is 11.1 Å². The number of allylic oxidation sites excluding steroid dienone is 2. The molecule has 0 saturated heterocycles. The van der Waals surface area contributed by atoms with E-state index in [1.165, 1.54) is 0 Å². The summed E-state index contributed by atoms with van der Waals surface area (Å²) in [6, 6.07) is 15.0. The van der Waals surface area contributed by atoms with Gasteiger partial charge in [-0.1, -0.05) is 0 Å². The minimum absolute atomic E-state index is 0.0872. The highest BCUT2D eigenvalue weighted by molar-refractivity contribution is 5.98. The molecule has 2 aromatic rings. The first-order valence-corrected chi connectivity index (χ1v) is 10.2. The van der Waals surface area contributed by atoms with Crippen LogP contribution in [0.5, 0.6) is 11.5 Å². The first-order chi connectivity index (χ1) is 15.6. The summed E-state index contributed by atoms with van der Waals surface area (Å²) in [6.45, 7) is 0.174. The normalized spacial score (nSPS) is 18.1. The van der Waals surface area contributed by atoms with E-state index in [1.54, 1.807) is 14.2 Å². The van der Waals surface area contributed by atoms with Gasteiger partial charge in [0.25, 0.3) is 0 Å². The van der Waals surface area contributed by atoms with Gasteiger partial charge in [0, 0.05) is 35.6 Å². The highest BCUT2D eigenvalue weighted by Gasteiger charge is 2.39. The number of hydrogen-bond acceptors (Lipinski definition) is 8. The van der Waals surface area contributed by atoms with Gasteiger partial charge in [-0.25, -0.2) is 9.59 Å². The van der Waals surface area contributed by atoms with Gasteiger partial charge < -0.3 is 28.7 Å². The molecule has 0 unspecified atom stereocenters. The van der Waals surface area contributed by atoms with Crippen molar-refractivity contribution in [1.29, 1.82) is 0 Å². The molecule has 0 N–H and O–H groups in total. The zero-order chi connectivity index (χ0) is 22.2. The van der Waals surface area contributed by atoms with Crippen molar-refractivity contribution in [2.24, 2.45) is 0 Å². The molecule has 0 aromatic heterocycles. The fourth-order valence-electron chi connectivity index (χ4n) is 4.21. The molecule has 0 saturated carbocycles. The van der Waals surface area contributed by atoms with E-state index in [0.717, 1.165) is 34.3 Å². The van der Waals surface area contributed by atoms with Crippen LogP contribution >= 0.6 is 0 Å². The van der Waals surface area contributed by atoms with Crippen LogP contribution in [0.4, 0.5) is 11.4 Å². The van der Waals surface area contributed by atoms with Crippen LogP contribution in [-0.4, -0.2) is 39.6 Å². The molecule has 5 rings (SSSR count). The molecule has 0 spiro atoms. The number of anilines is 2. The van der Waals surface area contributed by atoms with E-state index >= 15 is 0 Å². The summed E-state index contributed by atoms with van der Waals surface area (Å²) in [5, 5.41) is 0. The molecular formula is C24H22N2O6. The summed E-state index contributed by atoms with van der Waals surface area (Å²) in [6.07, 6.45) is 0.578. The number of carbonyl (C=O) groups is 2. The Hall–Kier alpha value is -3.94. The Labute approximate surface area is 185 Å². The third-order valence-electron chi connectivity index (χ3n) is 5.95. The van der Waals surface area contributed by atoms with Crippen LogP contribution in [-0.2, 0) is 19.1 Å². The summed E-state index contributed by atoms with van der Waals surface area (Å²) in [7, 11) is 3.22. The van der Waals surface area contributed by atoms with Gasteiger partial charge in [0.15, 0.2) is 13.5 Å². The number of benzene rings is 2. The number of nitrogens with zero attached hydrogens (tertiary/aromatic N) is 2. The molecule has 0 atom stereocenters. The van der Waals surface area contributed by atoms with Crippen molar-refractivity contribution in [2.45, 2.75) is 12.8 Å². The maximum absolute atomic E-state index is 12.7. The van der Waals surface area contributed by atoms with Crippen LogP contribution in [0.25, 0.3) is 0 Å². The van der Waals surface area contributed by atoms with Crippen molar-refractivity contribution >= 4 is 23.3 Å². The zero-order valence-electron chi connectivity index (χ0n) is 17.8. The lowest BCUT2D eigenvalue weighted by molar-refractivity contribution is -0.142. The van der Waals surface area contributed by atoms with Gasteiger partial charge in [0.2, 0.25) is 0 Å². The number of rotatable bonds is 4. The van der Waals surface area contributed by atoms with Gasteiger partial charge in [-0.3, -0.25) is 0 Å². The van der Waals surface area contributed by atoms with E-state index in [1.807, 2.05) is 58.3 Å². The molecule has 164 valence electrons. The molecule has 1 aliphatic carbocycles. The Bertz CT molecular complexity index is 1040.